The van der Waals surface area contributed by atoms with Gasteiger partial charge in [-0.25, -0.2) is 9.78 Å². The molecule has 23 heavy (non-hydrogen) atoms. The zero-order valence-corrected chi connectivity index (χ0v) is 13.9. The molecular formula is C16H20N4O2S. The van der Waals surface area contributed by atoms with Crippen molar-refractivity contribution in [1.82, 2.24) is 14.8 Å². The third kappa shape index (κ3) is 3.44. The molecule has 0 unspecified atom stereocenters. The number of hydrogen-bond acceptors (Lipinski definition) is 4. The van der Waals surface area contributed by atoms with E-state index in [0.717, 1.165) is 15.2 Å². The Morgan fingerprint density at radius 3 is 2.70 bits per heavy atom. The van der Waals surface area contributed by atoms with Gasteiger partial charge in [0.1, 0.15) is 5.01 Å². The first-order chi connectivity index (χ1) is 11.0. The Labute approximate surface area is 138 Å². The molecule has 2 aromatic rings. The SMILES string of the molecule is CN(Cc1nc2ccccc2s1)C(=O)C1CCN(C(N)=O)CC1. The van der Waals surface area contributed by atoms with Crippen LogP contribution in [-0.4, -0.2) is 46.9 Å². The first-order valence-electron chi connectivity index (χ1n) is 7.68. The Morgan fingerprint density at radius 2 is 2.04 bits per heavy atom. The lowest BCUT2D eigenvalue weighted by Gasteiger charge is -2.32. The number of nitrogens with zero attached hydrogens (tertiary/aromatic N) is 3. The van der Waals surface area contributed by atoms with Gasteiger partial charge in [0, 0.05) is 26.1 Å². The average molecular weight is 332 g/mol. The van der Waals surface area contributed by atoms with Crippen LogP contribution in [0.4, 0.5) is 4.79 Å². The van der Waals surface area contributed by atoms with Crippen LogP contribution in [0.1, 0.15) is 17.8 Å². The summed E-state index contributed by atoms with van der Waals surface area (Å²) in [6.07, 6.45) is 1.35. The van der Waals surface area contributed by atoms with Crippen LogP contribution in [0.3, 0.4) is 0 Å². The molecule has 0 saturated carbocycles. The summed E-state index contributed by atoms with van der Waals surface area (Å²) in [5, 5.41) is 0.941. The molecule has 1 aromatic heterocycles. The molecule has 1 fully saturated rings. The van der Waals surface area contributed by atoms with Gasteiger partial charge >= 0.3 is 6.03 Å². The first kappa shape index (κ1) is 15.7. The summed E-state index contributed by atoms with van der Waals surface area (Å²) in [6.45, 7) is 1.63. The molecule has 7 heteroatoms. The van der Waals surface area contributed by atoms with Gasteiger partial charge in [0.05, 0.1) is 16.8 Å². The number of carbonyl (C=O) groups excluding carboxylic acids is 2. The highest BCUT2D eigenvalue weighted by molar-refractivity contribution is 7.18. The molecule has 1 aliphatic rings. The predicted octanol–water partition coefficient (Wildman–Crippen LogP) is 2.05. The Morgan fingerprint density at radius 1 is 1.35 bits per heavy atom. The fourth-order valence-electron chi connectivity index (χ4n) is 2.93. The number of benzene rings is 1. The van der Waals surface area contributed by atoms with Gasteiger partial charge < -0.3 is 15.5 Å². The van der Waals surface area contributed by atoms with Crippen LogP contribution >= 0.6 is 11.3 Å². The number of nitrogens with two attached hydrogens (primary N) is 1. The van der Waals surface area contributed by atoms with E-state index in [2.05, 4.69) is 4.98 Å². The monoisotopic (exact) mass is 332 g/mol. The van der Waals surface area contributed by atoms with Crippen LogP contribution in [0.25, 0.3) is 10.2 Å². The van der Waals surface area contributed by atoms with E-state index in [1.807, 2.05) is 31.3 Å². The normalized spacial score (nSPS) is 15.8. The second-order valence-corrected chi connectivity index (χ2v) is 6.98. The minimum absolute atomic E-state index is 0.0371. The number of piperidine rings is 1. The highest BCUT2D eigenvalue weighted by atomic mass is 32.1. The number of para-hydroxylation sites is 1. The van der Waals surface area contributed by atoms with Gasteiger partial charge in [0.15, 0.2) is 0 Å². The smallest absolute Gasteiger partial charge is 0.314 e. The second kappa shape index (κ2) is 6.54. The summed E-state index contributed by atoms with van der Waals surface area (Å²) >= 11 is 1.62. The minimum Gasteiger partial charge on any atom is -0.351 e. The van der Waals surface area contributed by atoms with Crippen molar-refractivity contribution >= 4 is 33.5 Å². The molecule has 1 aliphatic heterocycles. The maximum Gasteiger partial charge on any atom is 0.314 e. The number of urea groups is 1. The summed E-state index contributed by atoms with van der Waals surface area (Å²) in [7, 11) is 1.81. The molecule has 1 saturated heterocycles. The lowest BCUT2D eigenvalue weighted by Crippen LogP contribution is -2.45. The van der Waals surface area contributed by atoms with Crippen molar-refractivity contribution in [2.45, 2.75) is 19.4 Å². The Balaban J connectivity index is 1.60. The van der Waals surface area contributed by atoms with Gasteiger partial charge in [-0.05, 0) is 25.0 Å². The lowest BCUT2D eigenvalue weighted by atomic mass is 9.95. The van der Waals surface area contributed by atoms with Crippen molar-refractivity contribution in [3.63, 3.8) is 0 Å². The Kier molecular flexibility index (Phi) is 4.47. The number of carbonyl (C=O) groups is 2. The van der Waals surface area contributed by atoms with E-state index in [1.54, 1.807) is 21.1 Å². The lowest BCUT2D eigenvalue weighted by molar-refractivity contribution is -0.136. The molecule has 0 spiro atoms. The molecule has 3 rings (SSSR count). The molecule has 0 aliphatic carbocycles. The fraction of sp³-hybridized carbons (Fsp3) is 0.438. The second-order valence-electron chi connectivity index (χ2n) is 5.87. The summed E-state index contributed by atoms with van der Waals surface area (Å²) in [6, 6.07) is 7.58. The zero-order valence-electron chi connectivity index (χ0n) is 13.1. The topological polar surface area (TPSA) is 79.5 Å². The third-order valence-corrected chi connectivity index (χ3v) is 5.26. The molecule has 6 nitrogen and oxygen atoms in total. The number of amides is 3. The molecule has 0 radical (unpaired) electrons. The van der Waals surface area contributed by atoms with Crippen LogP contribution in [0.5, 0.6) is 0 Å². The number of rotatable bonds is 3. The molecular weight excluding hydrogens is 312 g/mol. The van der Waals surface area contributed by atoms with Gasteiger partial charge in [-0.3, -0.25) is 4.79 Å². The van der Waals surface area contributed by atoms with Gasteiger partial charge in [-0.1, -0.05) is 12.1 Å². The van der Waals surface area contributed by atoms with E-state index < -0.39 is 6.03 Å². The number of likely N-dealkylation sites (tertiary alicyclic amines) is 1. The van der Waals surface area contributed by atoms with Gasteiger partial charge in [-0.15, -0.1) is 11.3 Å². The zero-order chi connectivity index (χ0) is 16.4. The number of fused-ring (bicyclic) bond motifs is 1. The standard InChI is InChI=1S/C16H20N4O2S/c1-19(10-14-18-12-4-2-3-5-13(12)23-14)15(21)11-6-8-20(9-7-11)16(17)22/h2-5,11H,6-10H2,1H3,(H2,17,22). The largest absolute Gasteiger partial charge is 0.351 e. The van der Waals surface area contributed by atoms with Crippen LogP contribution in [0, 0.1) is 5.92 Å². The maximum absolute atomic E-state index is 12.6. The molecule has 3 amide bonds. The van der Waals surface area contributed by atoms with Gasteiger partial charge in [0.25, 0.3) is 0 Å². The number of aromatic nitrogens is 1. The highest BCUT2D eigenvalue weighted by Gasteiger charge is 2.28. The molecule has 0 bridgehead atoms. The minimum atomic E-state index is -0.404. The van der Waals surface area contributed by atoms with Crippen molar-refractivity contribution in [2.75, 3.05) is 20.1 Å². The summed E-state index contributed by atoms with van der Waals surface area (Å²) in [4.78, 5) is 31.6. The first-order valence-corrected chi connectivity index (χ1v) is 8.50. The highest BCUT2D eigenvalue weighted by Crippen LogP contribution is 2.24. The predicted molar refractivity (Wildman–Crippen MR) is 90.0 cm³/mol. The summed E-state index contributed by atoms with van der Waals surface area (Å²) in [5.74, 6) is 0.0818. The van der Waals surface area contributed by atoms with Gasteiger partial charge in [0.2, 0.25) is 5.91 Å². The van der Waals surface area contributed by atoms with Crippen molar-refractivity contribution < 1.29 is 9.59 Å². The van der Waals surface area contributed by atoms with Crippen molar-refractivity contribution in [1.29, 1.82) is 0 Å². The summed E-state index contributed by atoms with van der Waals surface area (Å²) < 4.78 is 1.14. The average Bonchev–Trinajstić information content (AvgIpc) is 2.96. The van der Waals surface area contributed by atoms with E-state index in [0.29, 0.717) is 32.5 Å². The maximum atomic E-state index is 12.6. The quantitative estimate of drug-likeness (QED) is 0.934. The van der Waals surface area contributed by atoms with Crippen LogP contribution in [-0.2, 0) is 11.3 Å². The van der Waals surface area contributed by atoms with Crippen LogP contribution in [0.2, 0.25) is 0 Å². The number of hydrogen-bond donors (Lipinski definition) is 1. The molecule has 0 atom stereocenters. The Hall–Kier alpha value is -2.15. The van der Waals surface area contributed by atoms with E-state index in [1.165, 1.54) is 0 Å². The van der Waals surface area contributed by atoms with Gasteiger partial charge in [-0.2, -0.15) is 0 Å². The summed E-state index contributed by atoms with van der Waals surface area (Å²) in [5.41, 5.74) is 6.25. The van der Waals surface area contributed by atoms with Crippen molar-refractivity contribution in [3.8, 4) is 0 Å². The fourth-order valence-corrected chi connectivity index (χ4v) is 3.95. The van der Waals surface area contributed by atoms with Crippen molar-refractivity contribution in [2.24, 2.45) is 11.7 Å². The number of primary amides is 1. The van der Waals surface area contributed by atoms with Crippen LogP contribution < -0.4 is 5.73 Å². The molecule has 1 aromatic carbocycles. The van der Waals surface area contributed by atoms with Crippen molar-refractivity contribution in [3.05, 3.63) is 29.3 Å². The number of thiazole rings is 1. The molecule has 2 N–H and O–H groups in total. The van der Waals surface area contributed by atoms with E-state index >= 15 is 0 Å². The van der Waals surface area contributed by atoms with Crippen LogP contribution in [0.15, 0.2) is 24.3 Å². The third-order valence-electron chi connectivity index (χ3n) is 4.24. The molecule has 2 heterocycles. The molecule has 122 valence electrons. The van der Waals surface area contributed by atoms with E-state index in [4.69, 9.17) is 5.73 Å². The van der Waals surface area contributed by atoms with E-state index in [9.17, 15) is 9.59 Å². The van der Waals surface area contributed by atoms with E-state index in [-0.39, 0.29) is 11.8 Å². The Bertz CT molecular complexity index is 689.